The first-order valence-electron chi connectivity index (χ1n) is 5.91. The third-order valence-electron chi connectivity index (χ3n) is 2.64. The van der Waals surface area contributed by atoms with Gasteiger partial charge in [-0.25, -0.2) is 4.98 Å². The number of hydrogen-bond donors (Lipinski definition) is 0. The van der Waals surface area contributed by atoms with Gasteiger partial charge < -0.3 is 0 Å². The van der Waals surface area contributed by atoms with Crippen LogP contribution in [0.4, 0.5) is 0 Å². The number of aryl methyl sites for hydroxylation is 3. The Labute approximate surface area is 111 Å². The molecule has 0 aliphatic carbocycles. The lowest BCUT2D eigenvalue weighted by atomic mass is 10.1. The monoisotopic (exact) mass is 265 g/mol. The molecular formula is C14H16ClNS. The van der Waals surface area contributed by atoms with E-state index in [9.17, 15) is 0 Å². The van der Waals surface area contributed by atoms with Crippen molar-refractivity contribution in [2.45, 2.75) is 25.7 Å². The van der Waals surface area contributed by atoms with Gasteiger partial charge in [0.05, 0.1) is 10.7 Å². The van der Waals surface area contributed by atoms with E-state index in [2.05, 4.69) is 40.7 Å². The molecule has 0 saturated carbocycles. The molecule has 0 bridgehead atoms. The van der Waals surface area contributed by atoms with E-state index in [1.165, 1.54) is 16.3 Å². The van der Waals surface area contributed by atoms with Crippen molar-refractivity contribution >= 4 is 22.9 Å². The standard InChI is InChI=1S/C14H16ClNS/c15-10-4-7-13-11-17-14(16-13)9-8-12-5-2-1-3-6-12/h1-3,5-6,11H,4,7-10H2. The number of hydrogen-bond acceptors (Lipinski definition) is 2. The van der Waals surface area contributed by atoms with Gasteiger partial charge in [0.15, 0.2) is 0 Å². The van der Waals surface area contributed by atoms with Crippen LogP contribution in [0.2, 0.25) is 0 Å². The van der Waals surface area contributed by atoms with E-state index in [4.69, 9.17) is 11.6 Å². The highest BCUT2D eigenvalue weighted by Gasteiger charge is 2.02. The van der Waals surface area contributed by atoms with E-state index in [0.29, 0.717) is 0 Å². The summed E-state index contributed by atoms with van der Waals surface area (Å²) < 4.78 is 0. The summed E-state index contributed by atoms with van der Waals surface area (Å²) in [5.41, 5.74) is 2.57. The molecule has 3 heteroatoms. The molecule has 0 atom stereocenters. The van der Waals surface area contributed by atoms with Gasteiger partial charge in [-0.3, -0.25) is 0 Å². The molecule has 0 radical (unpaired) electrons. The molecule has 0 aliphatic rings. The minimum Gasteiger partial charge on any atom is -0.246 e. The van der Waals surface area contributed by atoms with Gasteiger partial charge in [0, 0.05) is 17.7 Å². The predicted molar refractivity (Wildman–Crippen MR) is 75.0 cm³/mol. The fourth-order valence-electron chi connectivity index (χ4n) is 1.72. The number of halogens is 1. The second-order valence-electron chi connectivity index (χ2n) is 4.01. The first-order chi connectivity index (χ1) is 8.38. The Kier molecular flexibility index (Phi) is 5.02. The SMILES string of the molecule is ClCCCc1csc(CCc2ccccc2)n1. The molecule has 1 aromatic heterocycles. The van der Waals surface area contributed by atoms with Crippen molar-refractivity contribution in [2.75, 3.05) is 5.88 Å². The van der Waals surface area contributed by atoms with Crippen molar-refractivity contribution in [2.24, 2.45) is 0 Å². The molecule has 0 N–H and O–H groups in total. The number of aromatic nitrogens is 1. The fourth-order valence-corrected chi connectivity index (χ4v) is 2.69. The third-order valence-corrected chi connectivity index (χ3v) is 3.86. The van der Waals surface area contributed by atoms with Crippen LogP contribution in [0.25, 0.3) is 0 Å². The molecule has 90 valence electrons. The molecule has 2 rings (SSSR count). The Balaban J connectivity index is 1.85. The van der Waals surface area contributed by atoms with E-state index in [1.54, 1.807) is 11.3 Å². The zero-order chi connectivity index (χ0) is 11.9. The Bertz CT molecular complexity index is 438. The van der Waals surface area contributed by atoms with Crippen LogP contribution >= 0.6 is 22.9 Å². The minimum atomic E-state index is 0.719. The molecule has 1 aromatic carbocycles. The van der Waals surface area contributed by atoms with Crippen molar-refractivity contribution in [3.63, 3.8) is 0 Å². The molecule has 2 aromatic rings. The van der Waals surface area contributed by atoms with Gasteiger partial charge in [-0.2, -0.15) is 0 Å². The molecule has 0 saturated heterocycles. The van der Waals surface area contributed by atoms with Gasteiger partial charge >= 0.3 is 0 Å². The van der Waals surface area contributed by atoms with E-state index in [1.807, 2.05) is 0 Å². The quantitative estimate of drug-likeness (QED) is 0.717. The number of rotatable bonds is 6. The Morgan fingerprint density at radius 2 is 1.88 bits per heavy atom. The largest absolute Gasteiger partial charge is 0.246 e. The molecule has 1 heterocycles. The lowest BCUT2D eigenvalue weighted by Gasteiger charge is -1.98. The molecule has 1 nitrogen and oxygen atoms in total. The summed E-state index contributed by atoms with van der Waals surface area (Å²) >= 11 is 7.44. The second-order valence-corrected chi connectivity index (χ2v) is 5.33. The van der Waals surface area contributed by atoms with E-state index >= 15 is 0 Å². The van der Waals surface area contributed by atoms with Gasteiger partial charge in [-0.05, 0) is 24.8 Å². The molecular weight excluding hydrogens is 250 g/mol. The van der Waals surface area contributed by atoms with Crippen LogP contribution in [0.1, 0.15) is 22.7 Å². The first kappa shape index (κ1) is 12.6. The minimum absolute atomic E-state index is 0.719. The van der Waals surface area contributed by atoms with Gasteiger partial charge in [-0.15, -0.1) is 22.9 Å². The fraction of sp³-hybridized carbons (Fsp3) is 0.357. The van der Waals surface area contributed by atoms with Gasteiger partial charge in [0.2, 0.25) is 0 Å². The zero-order valence-electron chi connectivity index (χ0n) is 9.73. The maximum Gasteiger partial charge on any atom is 0.0931 e. The third kappa shape index (κ3) is 4.14. The summed E-state index contributed by atoms with van der Waals surface area (Å²) in [5.74, 6) is 0.719. The van der Waals surface area contributed by atoms with Crippen LogP contribution in [-0.4, -0.2) is 10.9 Å². The highest BCUT2D eigenvalue weighted by molar-refractivity contribution is 7.09. The number of benzene rings is 1. The zero-order valence-corrected chi connectivity index (χ0v) is 11.3. The maximum absolute atomic E-state index is 5.68. The van der Waals surface area contributed by atoms with Gasteiger partial charge in [0.1, 0.15) is 0 Å². The number of thiazole rings is 1. The second kappa shape index (κ2) is 6.77. The van der Waals surface area contributed by atoms with Crippen LogP contribution in [-0.2, 0) is 19.3 Å². The average Bonchev–Trinajstić information content (AvgIpc) is 2.83. The lowest BCUT2D eigenvalue weighted by molar-refractivity contribution is 0.871. The number of nitrogens with zero attached hydrogens (tertiary/aromatic N) is 1. The number of alkyl halides is 1. The average molecular weight is 266 g/mol. The van der Waals surface area contributed by atoms with Crippen LogP contribution in [0, 0.1) is 0 Å². The lowest BCUT2D eigenvalue weighted by Crippen LogP contribution is -1.92. The molecule has 0 spiro atoms. The highest BCUT2D eigenvalue weighted by atomic mass is 35.5. The summed E-state index contributed by atoms with van der Waals surface area (Å²) in [4.78, 5) is 4.62. The van der Waals surface area contributed by atoms with Crippen LogP contribution in [0.3, 0.4) is 0 Å². The topological polar surface area (TPSA) is 12.9 Å². The normalized spacial score (nSPS) is 10.6. The summed E-state index contributed by atoms with van der Waals surface area (Å²) in [7, 11) is 0. The van der Waals surface area contributed by atoms with Gasteiger partial charge in [0.25, 0.3) is 0 Å². The molecule has 0 amide bonds. The summed E-state index contributed by atoms with van der Waals surface area (Å²) in [6.45, 7) is 0. The molecule has 17 heavy (non-hydrogen) atoms. The molecule has 0 unspecified atom stereocenters. The maximum atomic E-state index is 5.68. The Morgan fingerprint density at radius 1 is 1.06 bits per heavy atom. The first-order valence-corrected chi connectivity index (χ1v) is 7.33. The van der Waals surface area contributed by atoms with Crippen molar-refractivity contribution < 1.29 is 0 Å². The summed E-state index contributed by atoms with van der Waals surface area (Å²) in [6.07, 6.45) is 4.13. The van der Waals surface area contributed by atoms with E-state index in [-0.39, 0.29) is 0 Å². The van der Waals surface area contributed by atoms with E-state index < -0.39 is 0 Å². The summed E-state index contributed by atoms with van der Waals surface area (Å²) in [6, 6.07) is 10.6. The van der Waals surface area contributed by atoms with Crippen molar-refractivity contribution in [1.29, 1.82) is 0 Å². The Hall–Kier alpha value is -0.860. The van der Waals surface area contributed by atoms with Crippen molar-refractivity contribution in [1.82, 2.24) is 4.98 Å². The smallest absolute Gasteiger partial charge is 0.0931 e. The summed E-state index contributed by atoms with van der Waals surface area (Å²) in [5, 5.41) is 3.39. The molecule has 0 fully saturated rings. The van der Waals surface area contributed by atoms with Crippen LogP contribution < -0.4 is 0 Å². The van der Waals surface area contributed by atoms with E-state index in [0.717, 1.165) is 31.6 Å². The predicted octanol–water partition coefficient (Wildman–Crippen LogP) is 4.10. The highest BCUT2D eigenvalue weighted by Crippen LogP contribution is 2.14. The van der Waals surface area contributed by atoms with Crippen LogP contribution in [0.5, 0.6) is 0 Å². The Morgan fingerprint density at radius 3 is 2.65 bits per heavy atom. The van der Waals surface area contributed by atoms with Gasteiger partial charge in [-0.1, -0.05) is 30.3 Å². The van der Waals surface area contributed by atoms with Crippen molar-refractivity contribution in [3.8, 4) is 0 Å². The van der Waals surface area contributed by atoms with Crippen LogP contribution in [0.15, 0.2) is 35.7 Å². The molecule has 0 aliphatic heterocycles. The van der Waals surface area contributed by atoms with Crippen molar-refractivity contribution in [3.05, 3.63) is 52.0 Å².